The number of hydrogen-bond acceptors (Lipinski definition) is 5. The van der Waals surface area contributed by atoms with Crippen molar-refractivity contribution in [1.29, 1.82) is 0 Å². The van der Waals surface area contributed by atoms with Crippen LogP contribution in [0.1, 0.15) is 25.7 Å². The Bertz CT molecular complexity index is 1390. The summed E-state index contributed by atoms with van der Waals surface area (Å²) >= 11 is 0. The van der Waals surface area contributed by atoms with Crippen LogP contribution >= 0.6 is 0 Å². The number of aromatic nitrogens is 6. The molecule has 160 valence electrons. The first-order valence-electron chi connectivity index (χ1n) is 10.4. The lowest BCUT2D eigenvalue weighted by molar-refractivity contribution is 0.534. The monoisotopic (exact) mass is 427 g/mol. The number of anilines is 1. The molecule has 0 aliphatic heterocycles. The van der Waals surface area contributed by atoms with E-state index in [1.165, 1.54) is 6.07 Å². The minimum Gasteiger partial charge on any atom is -0.375 e. The average molecular weight is 427 g/mol. The zero-order valence-corrected chi connectivity index (χ0v) is 17.7. The number of para-hydroxylation sites is 1. The van der Waals surface area contributed by atoms with Crippen LogP contribution in [0.2, 0.25) is 0 Å². The number of benzene rings is 2. The van der Waals surface area contributed by atoms with Gasteiger partial charge in [-0.25, -0.2) is 9.37 Å². The molecule has 2 aromatic carbocycles. The molecule has 0 amide bonds. The quantitative estimate of drug-likeness (QED) is 0.388. The van der Waals surface area contributed by atoms with E-state index in [0.29, 0.717) is 18.1 Å². The van der Waals surface area contributed by atoms with Gasteiger partial charge in [-0.1, -0.05) is 18.2 Å². The number of imidazole rings is 1. The van der Waals surface area contributed by atoms with E-state index in [1.807, 2.05) is 35.1 Å². The van der Waals surface area contributed by atoms with E-state index in [9.17, 15) is 4.39 Å². The van der Waals surface area contributed by atoms with Gasteiger partial charge in [-0.15, -0.1) is 0 Å². The molecule has 0 aliphatic rings. The van der Waals surface area contributed by atoms with Crippen LogP contribution in [0.25, 0.3) is 33.7 Å². The highest BCUT2D eigenvalue weighted by Crippen LogP contribution is 2.31. The number of halogens is 1. The van der Waals surface area contributed by atoms with Crippen molar-refractivity contribution in [3.63, 3.8) is 0 Å². The summed E-state index contributed by atoms with van der Waals surface area (Å²) in [5.41, 5.74) is 5.30. The van der Waals surface area contributed by atoms with Crippen LogP contribution in [0, 0.1) is 5.82 Å². The summed E-state index contributed by atoms with van der Waals surface area (Å²) < 4.78 is 15.9. The molecule has 7 nitrogen and oxygen atoms in total. The first-order chi connectivity index (χ1) is 15.6. The van der Waals surface area contributed by atoms with Crippen molar-refractivity contribution in [3.05, 3.63) is 78.8 Å². The Morgan fingerprint density at radius 2 is 1.84 bits per heavy atom. The van der Waals surface area contributed by atoms with Crippen molar-refractivity contribution < 1.29 is 4.39 Å². The molecular formula is C24H22FN7. The largest absolute Gasteiger partial charge is 0.375 e. The summed E-state index contributed by atoms with van der Waals surface area (Å²) in [5.74, 6) is 0.375. The third-order valence-electron chi connectivity index (χ3n) is 5.21. The molecule has 0 unspecified atom stereocenters. The second kappa shape index (κ2) is 8.22. The van der Waals surface area contributed by atoms with Gasteiger partial charge in [-0.2, -0.15) is 5.10 Å². The lowest BCUT2D eigenvalue weighted by Crippen LogP contribution is -2.03. The van der Waals surface area contributed by atoms with E-state index in [1.54, 1.807) is 30.6 Å². The molecular weight excluding hydrogens is 405 g/mol. The Labute approximate surface area is 184 Å². The molecule has 0 atom stereocenters. The smallest absolute Gasteiger partial charge is 0.146 e. The molecule has 0 radical (unpaired) electrons. The van der Waals surface area contributed by atoms with Crippen molar-refractivity contribution in [2.45, 2.75) is 26.4 Å². The summed E-state index contributed by atoms with van der Waals surface area (Å²) in [6.45, 7) is 4.49. The molecule has 0 saturated carbocycles. The minimum atomic E-state index is -0.303. The fraction of sp³-hybridized carbons (Fsp3) is 0.167. The lowest BCUT2D eigenvalue weighted by Gasteiger charge is -2.05. The number of nitrogens with zero attached hydrogens (tertiary/aromatic N) is 5. The van der Waals surface area contributed by atoms with Gasteiger partial charge in [-0.05, 0) is 44.2 Å². The van der Waals surface area contributed by atoms with Gasteiger partial charge in [0.15, 0.2) is 0 Å². The molecule has 5 aromatic rings. The van der Waals surface area contributed by atoms with Crippen LogP contribution in [0.3, 0.4) is 0 Å². The first kappa shape index (κ1) is 19.9. The van der Waals surface area contributed by atoms with Crippen LogP contribution in [0.15, 0.2) is 67.1 Å². The number of aromatic amines is 1. The molecule has 0 aliphatic carbocycles. The Hall–Kier alpha value is -4.07. The summed E-state index contributed by atoms with van der Waals surface area (Å²) in [5, 5.41) is 7.81. The highest BCUT2D eigenvalue weighted by Gasteiger charge is 2.18. The molecule has 32 heavy (non-hydrogen) atoms. The van der Waals surface area contributed by atoms with Crippen molar-refractivity contribution in [2.24, 2.45) is 0 Å². The van der Waals surface area contributed by atoms with Gasteiger partial charge in [0.25, 0.3) is 0 Å². The molecule has 0 bridgehead atoms. The van der Waals surface area contributed by atoms with Gasteiger partial charge in [0, 0.05) is 30.2 Å². The predicted molar refractivity (Wildman–Crippen MR) is 122 cm³/mol. The van der Waals surface area contributed by atoms with E-state index in [4.69, 9.17) is 10.1 Å². The number of rotatable bonds is 6. The van der Waals surface area contributed by atoms with Crippen molar-refractivity contribution in [2.75, 3.05) is 5.32 Å². The van der Waals surface area contributed by atoms with Gasteiger partial charge >= 0.3 is 0 Å². The van der Waals surface area contributed by atoms with Gasteiger partial charge in [0.2, 0.25) is 0 Å². The van der Waals surface area contributed by atoms with Gasteiger partial charge in [0.05, 0.1) is 29.0 Å². The Balaban J connectivity index is 1.55. The van der Waals surface area contributed by atoms with Gasteiger partial charge in [-0.3, -0.25) is 14.6 Å². The maximum absolute atomic E-state index is 14.0. The maximum atomic E-state index is 14.0. The van der Waals surface area contributed by atoms with Gasteiger partial charge in [0.1, 0.15) is 23.0 Å². The third kappa shape index (κ3) is 3.82. The minimum absolute atomic E-state index is 0.240. The van der Waals surface area contributed by atoms with Crippen LogP contribution in [-0.4, -0.2) is 29.7 Å². The predicted octanol–water partition coefficient (Wildman–Crippen LogP) is 5.22. The van der Waals surface area contributed by atoms with Crippen LogP contribution in [-0.2, 0) is 6.54 Å². The van der Waals surface area contributed by atoms with Crippen molar-refractivity contribution >= 4 is 16.7 Å². The lowest BCUT2D eigenvalue weighted by atomic mass is 10.1. The molecule has 5 rings (SSSR count). The SMILES string of the molecule is CC(C)n1ccc(-c2nc(CNc3ccccc3F)[nH]c2-c2ccc3nccnc3c2)n1. The van der Waals surface area contributed by atoms with Crippen LogP contribution in [0.5, 0.6) is 0 Å². The first-order valence-corrected chi connectivity index (χ1v) is 10.4. The number of H-pyrrole nitrogens is 1. The third-order valence-corrected chi connectivity index (χ3v) is 5.21. The normalized spacial score (nSPS) is 11.4. The molecule has 8 heteroatoms. The second-order valence-corrected chi connectivity index (χ2v) is 7.78. The van der Waals surface area contributed by atoms with Crippen LogP contribution < -0.4 is 5.32 Å². The summed E-state index contributed by atoms with van der Waals surface area (Å²) in [7, 11) is 0. The molecule has 0 saturated heterocycles. The number of fused-ring (bicyclic) bond motifs is 1. The zero-order chi connectivity index (χ0) is 22.1. The number of hydrogen-bond donors (Lipinski definition) is 2. The van der Waals surface area contributed by atoms with Crippen molar-refractivity contribution in [1.82, 2.24) is 29.7 Å². The standard InChI is InChI=1S/C24H22FN7/c1-15(2)32-12-9-20(31-32)24-23(16-7-8-19-21(13-16)27-11-10-26-19)29-22(30-24)14-28-18-6-4-3-5-17(18)25/h3-13,15,28H,14H2,1-2H3,(H,29,30). The van der Waals surface area contributed by atoms with E-state index < -0.39 is 0 Å². The fourth-order valence-electron chi connectivity index (χ4n) is 3.55. The summed E-state index contributed by atoms with van der Waals surface area (Å²) in [4.78, 5) is 17.0. The Morgan fingerprint density at radius 3 is 2.62 bits per heavy atom. The van der Waals surface area contributed by atoms with Gasteiger partial charge < -0.3 is 10.3 Å². The molecule has 2 N–H and O–H groups in total. The summed E-state index contributed by atoms with van der Waals surface area (Å²) in [6.07, 6.45) is 5.30. The molecule has 3 heterocycles. The van der Waals surface area contributed by atoms with E-state index in [0.717, 1.165) is 33.7 Å². The highest BCUT2D eigenvalue weighted by atomic mass is 19.1. The molecule has 0 fully saturated rings. The maximum Gasteiger partial charge on any atom is 0.146 e. The number of nitrogens with one attached hydrogen (secondary N) is 2. The summed E-state index contributed by atoms with van der Waals surface area (Å²) in [6, 6.07) is 14.7. The molecule has 3 aromatic heterocycles. The van der Waals surface area contributed by atoms with Crippen molar-refractivity contribution in [3.8, 4) is 22.6 Å². The second-order valence-electron chi connectivity index (χ2n) is 7.78. The van der Waals surface area contributed by atoms with E-state index in [2.05, 4.69) is 34.1 Å². The fourth-order valence-corrected chi connectivity index (χ4v) is 3.55. The highest BCUT2D eigenvalue weighted by molar-refractivity contribution is 5.84. The zero-order valence-electron chi connectivity index (χ0n) is 17.7. The van der Waals surface area contributed by atoms with E-state index in [-0.39, 0.29) is 11.9 Å². The Morgan fingerprint density at radius 1 is 1.03 bits per heavy atom. The average Bonchev–Trinajstić information content (AvgIpc) is 3.46. The Kier molecular flexibility index (Phi) is 5.10. The topological polar surface area (TPSA) is 84.3 Å². The van der Waals surface area contributed by atoms with E-state index >= 15 is 0 Å². The van der Waals surface area contributed by atoms with Crippen LogP contribution in [0.4, 0.5) is 10.1 Å². The molecule has 0 spiro atoms.